The standard InChI is InChI=1S/C21H25N.C3H4O2/c1-2-3-4-5-6-8-14-19-15-11-16-20(21(19)17-22)18-12-9-7-10-13-18;1-2-3(4)5/h7,9-13,15-16H,2-6,8,14H2,1H3;2H,1H2,(H,4,5). The van der Waals surface area contributed by atoms with Gasteiger partial charge in [0.05, 0.1) is 5.56 Å². The Hall–Kier alpha value is -2.86. The van der Waals surface area contributed by atoms with Crippen LogP contribution in [-0.2, 0) is 11.2 Å². The van der Waals surface area contributed by atoms with E-state index >= 15 is 0 Å². The van der Waals surface area contributed by atoms with Crippen LogP contribution in [0.5, 0.6) is 0 Å². The van der Waals surface area contributed by atoms with E-state index in [1.807, 2.05) is 18.2 Å². The molecule has 2 rings (SSSR count). The fourth-order valence-electron chi connectivity index (χ4n) is 2.89. The summed E-state index contributed by atoms with van der Waals surface area (Å²) in [5, 5.41) is 17.2. The number of benzene rings is 2. The smallest absolute Gasteiger partial charge is 0.327 e. The van der Waals surface area contributed by atoms with Crippen LogP contribution in [0.1, 0.15) is 56.6 Å². The molecular formula is C24H29NO2. The quantitative estimate of drug-likeness (QED) is 0.415. The summed E-state index contributed by atoms with van der Waals surface area (Å²) in [5.74, 6) is -0.981. The summed E-state index contributed by atoms with van der Waals surface area (Å²) in [6.07, 6.45) is 9.57. The second-order valence-electron chi connectivity index (χ2n) is 6.38. The van der Waals surface area contributed by atoms with Gasteiger partial charge in [-0.15, -0.1) is 0 Å². The molecule has 3 nitrogen and oxygen atoms in total. The molecule has 0 aromatic heterocycles. The summed E-state index contributed by atoms with van der Waals surface area (Å²) in [6.45, 7) is 5.20. The van der Waals surface area contributed by atoms with E-state index < -0.39 is 5.97 Å². The summed E-state index contributed by atoms with van der Waals surface area (Å²) < 4.78 is 0. The molecule has 0 fully saturated rings. The topological polar surface area (TPSA) is 61.1 Å². The van der Waals surface area contributed by atoms with Gasteiger partial charge >= 0.3 is 5.97 Å². The van der Waals surface area contributed by atoms with Crippen LogP contribution < -0.4 is 0 Å². The van der Waals surface area contributed by atoms with Crippen molar-refractivity contribution in [3.63, 3.8) is 0 Å². The summed E-state index contributed by atoms with van der Waals surface area (Å²) >= 11 is 0. The van der Waals surface area contributed by atoms with Crippen LogP contribution in [0.3, 0.4) is 0 Å². The predicted molar refractivity (Wildman–Crippen MR) is 112 cm³/mol. The Bertz CT molecular complexity index is 745. The highest BCUT2D eigenvalue weighted by Gasteiger charge is 2.09. The van der Waals surface area contributed by atoms with Gasteiger partial charge in [0.2, 0.25) is 0 Å². The maximum Gasteiger partial charge on any atom is 0.327 e. The average molecular weight is 364 g/mol. The first-order valence-corrected chi connectivity index (χ1v) is 9.56. The van der Waals surface area contributed by atoms with Gasteiger partial charge < -0.3 is 5.11 Å². The normalized spacial score (nSPS) is 9.63. The molecule has 0 amide bonds. The third kappa shape index (κ3) is 8.37. The molecule has 142 valence electrons. The Morgan fingerprint density at radius 1 is 1.04 bits per heavy atom. The van der Waals surface area contributed by atoms with E-state index in [1.165, 1.54) is 44.1 Å². The van der Waals surface area contributed by atoms with E-state index in [1.54, 1.807) is 0 Å². The van der Waals surface area contributed by atoms with Gasteiger partial charge in [-0.2, -0.15) is 5.26 Å². The first-order valence-electron chi connectivity index (χ1n) is 9.56. The molecule has 0 heterocycles. The van der Waals surface area contributed by atoms with Crippen LogP contribution in [0, 0.1) is 11.3 Å². The van der Waals surface area contributed by atoms with Gasteiger partial charge in [0.15, 0.2) is 0 Å². The number of unbranched alkanes of at least 4 members (excludes halogenated alkanes) is 5. The molecule has 2 aromatic rings. The second-order valence-corrected chi connectivity index (χ2v) is 6.38. The summed E-state index contributed by atoms with van der Waals surface area (Å²) in [6, 6.07) is 18.9. The summed E-state index contributed by atoms with van der Waals surface area (Å²) in [7, 11) is 0. The average Bonchev–Trinajstić information content (AvgIpc) is 2.71. The number of hydrogen-bond acceptors (Lipinski definition) is 2. The van der Waals surface area contributed by atoms with Crippen molar-refractivity contribution in [3.8, 4) is 17.2 Å². The number of rotatable bonds is 9. The number of carboxylic acids is 1. The van der Waals surface area contributed by atoms with E-state index in [9.17, 15) is 10.1 Å². The highest BCUT2D eigenvalue weighted by molar-refractivity contribution is 5.78. The van der Waals surface area contributed by atoms with E-state index in [2.05, 4.69) is 49.9 Å². The number of carboxylic acid groups (broad SMARTS) is 1. The molecule has 0 aliphatic carbocycles. The Morgan fingerprint density at radius 2 is 1.67 bits per heavy atom. The molecule has 1 N–H and O–H groups in total. The highest BCUT2D eigenvalue weighted by Crippen LogP contribution is 2.26. The Morgan fingerprint density at radius 3 is 2.26 bits per heavy atom. The molecule has 2 aromatic carbocycles. The maximum atomic E-state index is 9.58. The number of hydrogen-bond donors (Lipinski definition) is 1. The Labute approximate surface area is 163 Å². The summed E-state index contributed by atoms with van der Waals surface area (Å²) in [4.78, 5) is 9.25. The minimum absolute atomic E-state index is 0.833. The number of carbonyl (C=O) groups is 1. The molecule has 27 heavy (non-hydrogen) atoms. The Balaban J connectivity index is 0.000000646. The monoisotopic (exact) mass is 363 g/mol. The first kappa shape index (κ1) is 22.2. The van der Waals surface area contributed by atoms with Gasteiger partial charge in [-0.05, 0) is 29.5 Å². The lowest BCUT2D eigenvalue weighted by molar-refractivity contribution is -0.131. The van der Waals surface area contributed by atoms with E-state index in [4.69, 9.17) is 5.11 Å². The molecule has 0 unspecified atom stereocenters. The largest absolute Gasteiger partial charge is 0.478 e. The van der Waals surface area contributed by atoms with Gasteiger partial charge in [-0.25, -0.2) is 4.79 Å². The number of aryl methyl sites for hydroxylation is 1. The zero-order chi connectivity index (χ0) is 19.9. The zero-order valence-corrected chi connectivity index (χ0v) is 16.2. The SMILES string of the molecule is C=CC(=O)O.CCCCCCCCc1cccc(-c2ccccc2)c1C#N. The number of aliphatic carboxylic acids is 1. The highest BCUT2D eigenvalue weighted by atomic mass is 16.4. The molecule has 0 spiro atoms. The molecule has 0 atom stereocenters. The van der Waals surface area contributed by atoms with Crippen LogP contribution in [0.25, 0.3) is 11.1 Å². The van der Waals surface area contributed by atoms with Gasteiger partial charge in [0.1, 0.15) is 6.07 Å². The van der Waals surface area contributed by atoms with Crippen LogP contribution in [-0.4, -0.2) is 11.1 Å². The summed E-state index contributed by atoms with van der Waals surface area (Å²) in [5.41, 5.74) is 4.23. The Kier molecular flexibility index (Phi) is 11.0. The fraction of sp³-hybridized carbons (Fsp3) is 0.333. The van der Waals surface area contributed by atoms with Crippen LogP contribution in [0.15, 0.2) is 61.2 Å². The second kappa shape index (κ2) is 13.4. The van der Waals surface area contributed by atoms with Crippen molar-refractivity contribution in [3.05, 3.63) is 72.3 Å². The molecule has 0 bridgehead atoms. The number of nitrogens with zero attached hydrogens (tertiary/aromatic N) is 1. The lowest BCUT2D eigenvalue weighted by Crippen LogP contribution is -1.94. The third-order valence-electron chi connectivity index (χ3n) is 4.32. The lowest BCUT2D eigenvalue weighted by atomic mass is 9.93. The van der Waals surface area contributed by atoms with Crippen molar-refractivity contribution in [2.75, 3.05) is 0 Å². The van der Waals surface area contributed by atoms with Crippen molar-refractivity contribution in [2.24, 2.45) is 0 Å². The van der Waals surface area contributed by atoms with Crippen molar-refractivity contribution >= 4 is 5.97 Å². The first-order chi connectivity index (χ1) is 13.1. The van der Waals surface area contributed by atoms with Crippen molar-refractivity contribution in [1.29, 1.82) is 5.26 Å². The van der Waals surface area contributed by atoms with Gasteiger partial charge in [0.25, 0.3) is 0 Å². The minimum Gasteiger partial charge on any atom is -0.478 e. The van der Waals surface area contributed by atoms with Crippen molar-refractivity contribution < 1.29 is 9.90 Å². The molecule has 0 saturated heterocycles. The third-order valence-corrected chi connectivity index (χ3v) is 4.32. The van der Waals surface area contributed by atoms with Crippen molar-refractivity contribution in [2.45, 2.75) is 51.9 Å². The molecule has 0 aliphatic rings. The van der Waals surface area contributed by atoms with Gasteiger partial charge in [0, 0.05) is 6.08 Å². The van der Waals surface area contributed by atoms with Crippen LogP contribution in [0.2, 0.25) is 0 Å². The van der Waals surface area contributed by atoms with Crippen molar-refractivity contribution in [1.82, 2.24) is 0 Å². The van der Waals surface area contributed by atoms with Crippen LogP contribution >= 0.6 is 0 Å². The fourth-order valence-corrected chi connectivity index (χ4v) is 2.89. The minimum atomic E-state index is -0.981. The molecule has 0 aliphatic heterocycles. The molecule has 3 heteroatoms. The van der Waals surface area contributed by atoms with E-state index in [-0.39, 0.29) is 0 Å². The number of nitriles is 1. The van der Waals surface area contributed by atoms with Gasteiger partial charge in [-0.1, -0.05) is 94.1 Å². The van der Waals surface area contributed by atoms with E-state index in [0.717, 1.165) is 29.2 Å². The van der Waals surface area contributed by atoms with Crippen LogP contribution in [0.4, 0.5) is 0 Å². The molecule has 0 saturated carbocycles. The zero-order valence-electron chi connectivity index (χ0n) is 16.2. The van der Waals surface area contributed by atoms with Gasteiger partial charge in [-0.3, -0.25) is 0 Å². The maximum absolute atomic E-state index is 9.58. The molecular weight excluding hydrogens is 334 g/mol. The lowest BCUT2D eigenvalue weighted by Gasteiger charge is -2.10. The predicted octanol–water partition coefficient (Wildman–Crippen LogP) is 6.39. The molecule has 0 radical (unpaired) electrons. The van der Waals surface area contributed by atoms with E-state index in [0.29, 0.717) is 0 Å².